The number of hydrogen-bond acceptors (Lipinski definition) is 5. The average molecular weight is 276 g/mol. The van der Waals surface area contributed by atoms with Gasteiger partial charge in [-0.3, -0.25) is 4.98 Å². The third kappa shape index (κ3) is 5.52. The van der Waals surface area contributed by atoms with Crippen LogP contribution in [0.3, 0.4) is 0 Å². The summed E-state index contributed by atoms with van der Waals surface area (Å²) in [7, 11) is 0. The van der Waals surface area contributed by atoms with Crippen LogP contribution in [-0.2, 0) is 17.8 Å². The van der Waals surface area contributed by atoms with Gasteiger partial charge in [0.1, 0.15) is 12.4 Å². The largest absolute Gasteiger partial charge is 0.467 e. The van der Waals surface area contributed by atoms with Gasteiger partial charge in [-0.1, -0.05) is 6.07 Å². The van der Waals surface area contributed by atoms with E-state index in [-0.39, 0.29) is 0 Å². The lowest BCUT2D eigenvalue weighted by Gasteiger charge is -2.11. The van der Waals surface area contributed by atoms with Gasteiger partial charge in [-0.25, -0.2) is 0 Å². The number of hydrogen-bond donors (Lipinski definition) is 2. The minimum Gasteiger partial charge on any atom is -0.467 e. The molecule has 2 heterocycles. The fourth-order valence-corrected chi connectivity index (χ4v) is 1.80. The van der Waals surface area contributed by atoms with Crippen molar-refractivity contribution in [3.05, 3.63) is 54.2 Å². The molecule has 0 spiro atoms. The molecular weight excluding hydrogens is 256 g/mol. The zero-order chi connectivity index (χ0) is 14.0. The third-order valence-electron chi connectivity index (χ3n) is 2.83. The van der Waals surface area contributed by atoms with Gasteiger partial charge < -0.3 is 19.6 Å². The molecule has 5 nitrogen and oxygen atoms in total. The highest BCUT2D eigenvalue weighted by Crippen LogP contribution is 2.02. The van der Waals surface area contributed by atoms with Crippen molar-refractivity contribution in [2.75, 3.05) is 19.7 Å². The second-order valence-electron chi connectivity index (χ2n) is 4.56. The molecule has 0 saturated carbocycles. The Morgan fingerprint density at radius 3 is 3.05 bits per heavy atom. The Morgan fingerprint density at radius 1 is 1.35 bits per heavy atom. The molecule has 5 heteroatoms. The van der Waals surface area contributed by atoms with E-state index < -0.39 is 6.10 Å². The van der Waals surface area contributed by atoms with E-state index in [1.807, 2.05) is 30.5 Å². The van der Waals surface area contributed by atoms with E-state index in [0.29, 0.717) is 19.8 Å². The molecular formula is C15H20N2O3. The van der Waals surface area contributed by atoms with Crippen LogP contribution in [0, 0.1) is 0 Å². The summed E-state index contributed by atoms with van der Waals surface area (Å²) in [5, 5.41) is 12.9. The first kappa shape index (κ1) is 14.7. The van der Waals surface area contributed by atoms with Gasteiger partial charge in [0.2, 0.25) is 0 Å². The summed E-state index contributed by atoms with van der Waals surface area (Å²) >= 11 is 0. The molecule has 0 radical (unpaired) electrons. The molecule has 0 aromatic carbocycles. The van der Waals surface area contributed by atoms with Gasteiger partial charge in [0.15, 0.2) is 0 Å². The Morgan fingerprint density at radius 2 is 2.30 bits per heavy atom. The lowest BCUT2D eigenvalue weighted by molar-refractivity contribution is 0.0228. The Hall–Kier alpha value is -1.69. The molecule has 1 atom stereocenters. The summed E-state index contributed by atoms with van der Waals surface area (Å²) in [6, 6.07) is 7.62. The first-order valence-corrected chi connectivity index (χ1v) is 6.72. The Balaban J connectivity index is 1.51. The van der Waals surface area contributed by atoms with E-state index >= 15 is 0 Å². The first-order chi connectivity index (χ1) is 9.84. The van der Waals surface area contributed by atoms with Gasteiger partial charge in [-0.2, -0.15) is 0 Å². The SMILES string of the molecule is OC(CNCCc1cccnc1)COCc1ccco1. The fourth-order valence-electron chi connectivity index (χ4n) is 1.80. The number of aromatic nitrogens is 1. The number of nitrogens with zero attached hydrogens (tertiary/aromatic N) is 1. The lowest BCUT2D eigenvalue weighted by atomic mass is 10.2. The van der Waals surface area contributed by atoms with Gasteiger partial charge in [0.05, 0.1) is 19.0 Å². The monoisotopic (exact) mass is 276 g/mol. The predicted octanol–water partition coefficient (Wildman–Crippen LogP) is 1.38. The maximum atomic E-state index is 9.74. The number of ether oxygens (including phenoxy) is 1. The van der Waals surface area contributed by atoms with Crippen molar-refractivity contribution in [1.82, 2.24) is 10.3 Å². The van der Waals surface area contributed by atoms with Gasteiger partial charge >= 0.3 is 0 Å². The summed E-state index contributed by atoms with van der Waals surface area (Å²) in [6.07, 6.45) is 5.60. The normalized spacial score (nSPS) is 12.4. The molecule has 2 aromatic rings. The van der Waals surface area contributed by atoms with Crippen LogP contribution in [0.5, 0.6) is 0 Å². The summed E-state index contributed by atoms with van der Waals surface area (Å²) < 4.78 is 10.5. The minimum absolute atomic E-state index is 0.292. The van der Waals surface area contributed by atoms with Crippen molar-refractivity contribution < 1.29 is 14.3 Å². The van der Waals surface area contributed by atoms with Crippen LogP contribution < -0.4 is 5.32 Å². The van der Waals surface area contributed by atoms with Crippen molar-refractivity contribution in [1.29, 1.82) is 0 Å². The first-order valence-electron chi connectivity index (χ1n) is 6.72. The van der Waals surface area contributed by atoms with Gasteiger partial charge in [0.25, 0.3) is 0 Å². The number of nitrogens with one attached hydrogen (secondary N) is 1. The Labute approximate surface area is 118 Å². The molecule has 0 amide bonds. The zero-order valence-electron chi connectivity index (χ0n) is 11.4. The Bertz CT molecular complexity index is 459. The summed E-state index contributed by atoms with van der Waals surface area (Å²) in [4.78, 5) is 4.06. The van der Waals surface area contributed by atoms with Crippen LogP contribution in [0.2, 0.25) is 0 Å². The fraction of sp³-hybridized carbons (Fsp3) is 0.400. The molecule has 0 aliphatic rings. The topological polar surface area (TPSA) is 67.5 Å². The van der Waals surface area contributed by atoms with Crippen LogP contribution >= 0.6 is 0 Å². The highest BCUT2D eigenvalue weighted by atomic mass is 16.5. The molecule has 0 aliphatic carbocycles. The maximum absolute atomic E-state index is 9.74. The number of aliphatic hydroxyl groups excluding tert-OH is 1. The summed E-state index contributed by atoms with van der Waals surface area (Å²) in [5.74, 6) is 0.765. The number of aliphatic hydroxyl groups is 1. The zero-order valence-corrected chi connectivity index (χ0v) is 11.4. The summed E-state index contributed by atoms with van der Waals surface area (Å²) in [6.45, 7) is 2.00. The standard InChI is InChI=1S/C15H20N2O3/c18-14(11-19-12-15-4-2-8-20-15)10-17-7-5-13-3-1-6-16-9-13/h1-4,6,8-9,14,17-18H,5,7,10-12H2. The van der Waals surface area contributed by atoms with E-state index in [9.17, 15) is 5.11 Å². The molecule has 1 unspecified atom stereocenters. The minimum atomic E-state index is -0.515. The van der Waals surface area contributed by atoms with Crippen molar-refractivity contribution in [3.8, 4) is 0 Å². The Kier molecular flexibility index (Phi) is 6.23. The quantitative estimate of drug-likeness (QED) is 0.677. The van der Waals surface area contributed by atoms with Crippen molar-refractivity contribution >= 4 is 0 Å². The van der Waals surface area contributed by atoms with Crippen LogP contribution in [0.25, 0.3) is 0 Å². The molecule has 0 fully saturated rings. The maximum Gasteiger partial charge on any atom is 0.129 e. The smallest absolute Gasteiger partial charge is 0.129 e. The molecule has 0 saturated heterocycles. The van der Waals surface area contributed by atoms with Gasteiger partial charge in [0, 0.05) is 18.9 Å². The van der Waals surface area contributed by atoms with Crippen LogP contribution in [-0.4, -0.2) is 35.9 Å². The number of pyridine rings is 1. The number of rotatable bonds is 9. The highest BCUT2D eigenvalue weighted by Gasteiger charge is 2.04. The summed E-state index contributed by atoms with van der Waals surface area (Å²) in [5.41, 5.74) is 1.18. The molecule has 108 valence electrons. The van der Waals surface area contributed by atoms with Crippen molar-refractivity contribution in [3.63, 3.8) is 0 Å². The highest BCUT2D eigenvalue weighted by molar-refractivity contribution is 5.08. The second-order valence-corrected chi connectivity index (χ2v) is 4.56. The molecule has 20 heavy (non-hydrogen) atoms. The van der Waals surface area contributed by atoms with E-state index in [0.717, 1.165) is 18.7 Å². The van der Waals surface area contributed by atoms with E-state index in [4.69, 9.17) is 9.15 Å². The van der Waals surface area contributed by atoms with Crippen LogP contribution in [0.4, 0.5) is 0 Å². The molecule has 2 aromatic heterocycles. The number of furan rings is 1. The average Bonchev–Trinajstić information content (AvgIpc) is 2.98. The van der Waals surface area contributed by atoms with Crippen molar-refractivity contribution in [2.24, 2.45) is 0 Å². The van der Waals surface area contributed by atoms with Crippen molar-refractivity contribution in [2.45, 2.75) is 19.1 Å². The van der Waals surface area contributed by atoms with E-state index in [1.165, 1.54) is 5.56 Å². The lowest BCUT2D eigenvalue weighted by Crippen LogP contribution is -2.31. The molecule has 0 bridgehead atoms. The van der Waals surface area contributed by atoms with Crippen LogP contribution in [0.15, 0.2) is 47.3 Å². The predicted molar refractivity (Wildman–Crippen MR) is 75.2 cm³/mol. The molecule has 2 rings (SSSR count). The molecule has 2 N–H and O–H groups in total. The van der Waals surface area contributed by atoms with Gasteiger partial charge in [-0.15, -0.1) is 0 Å². The van der Waals surface area contributed by atoms with E-state index in [1.54, 1.807) is 12.5 Å². The molecule has 0 aliphatic heterocycles. The third-order valence-corrected chi connectivity index (χ3v) is 2.83. The van der Waals surface area contributed by atoms with Crippen LogP contribution in [0.1, 0.15) is 11.3 Å². The van der Waals surface area contributed by atoms with Gasteiger partial charge in [-0.05, 0) is 36.7 Å². The van der Waals surface area contributed by atoms with E-state index in [2.05, 4.69) is 10.3 Å². The second kappa shape index (κ2) is 8.47.